The van der Waals surface area contributed by atoms with Crippen LogP contribution in [0.25, 0.3) is 0 Å². The molecule has 1 aliphatic heterocycles. The average Bonchev–Trinajstić information content (AvgIpc) is 2.63. The number of piperidine rings is 1. The Bertz CT molecular complexity index is 645. The van der Waals surface area contributed by atoms with Crippen molar-refractivity contribution in [2.45, 2.75) is 18.9 Å². The van der Waals surface area contributed by atoms with Gasteiger partial charge in [0.05, 0.1) is 12.0 Å². The van der Waals surface area contributed by atoms with Crippen molar-refractivity contribution in [2.24, 2.45) is 5.92 Å². The average molecular weight is 324 g/mol. The molecule has 0 aromatic heterocycles. The van der Waals surface area contributed by atoms with Crippen LogP contribution in [-0.2, 0) is 4.79 Å². The van der Waals surface area contributed by atoms with Crippen LogP contribution in [0.4, 0.5) is 5.69 Å². The summed E-state index contributed by atoms with van der Waals surface area (Å²) in [6.45, 7) is 2.20. The number of anilines is 1. The molecular weight excluding hydrogens is 300 g/mol. The molecule has 0 saturated carbocycles. The van der Waals surface area contributed by atoms with E-state index in [1.165, 1.54) is 0 Å². The highest BCUT2D eigenvalue weighted by Gasteiger charge is 2.27. The van der Waals surface area contributed by atoms with E-state index in [1.807, 2.05) is 60.7 Å². The Kier molecular flexibility index (Phi) is 5.62. The molecule has 0 radical (unpaired) electrons. The Hall–Kier alpha value is -2.17. The number of carbonyl (C=O) groups is 1. The van der Waals surface area contributed by atoms with E-state index in [4.69, 9.17) is 0 Å². The maximum absolute atomic E-state index is 12.5. The molecule has 1 aliphatic rings. The lowest BCUT2D eigenvalue weighted by Gasteiger charge is -2.33. The van der Waals surface area contributed by atoms with Gasteiger partial charge < -0.3 is 10.4 Å². The van der Waals surface area contributed by atoms with Gasteiger partial charge in [0.25, 0.3) is 0 Å². The van der Waals surface area contributed by atoms with Crippen LogP contribution in [0.2, 0.25) is 0 Å². The second-order valence-electron chi connectivity index (χ2n) is 6.38. The Labute approximate surface area is 143 Å². The number of nitrogens with zero attached hydrogens (tertiary/aromatic N) is 1. The van der Waals surface area contributed by atoms with E-state index in [2.05, 4.69) is 10.2 Å². The molecular formula is C20H24N2O2. The van der Waals surface area contributed by atoms with Gasteiger partial charge in [-0.1, -0.05) is 48.5 Å². The smallest absolute Gasteiger partial charge is 0.228 e. The van der Waals surface area contributed by atoms with Gasteiger partial charge in [-0.05, 0) is 37.1 Å². The van der Waals surface area contributed by atoms with Crippen LogP contribution >= 0.6 is 0 Å². The first-order chi connectivity index (χ1) is 11.7. The molecule has 0 spiro atoms. The van der Waals surface area contributed by atoms with Crippen LogP contribution in [0, 0.1) is 5.92 Å². The van der Waals surface area contributed by atoms with Gasteiger partial charge in [-0.3, -0.25) is 9.69 Å². The first-order valence-corrected chi connectivity index (χ1v) is 8.53. The van der Waals surface area contributed by atoms with Crippen molar-refractivity contribution in [2.75, 3.05) is 25.0 Å². The second kappa shape index (κ2) is 8.08. The summed E-state index contributed by atoms with van der Waals surface area (Å²) >= 11 is 0. The largest absolute Gasteiger partial charge is 0.387 e. The lowest BCUT2D eigenvalue weighted by molar-refractivity contribution is -0.121. The van der Waals surface area contributed by atoms with Crippen LogP contribution < -0.4 is 5.32 Å². The summed E-state index contributed by atoms with van der Waals surface area (Å²) in [6, 6.07) is 19.3. The number of β-amino-alcohol motifs (C(OH)–C–C–N with tert-alkyl or cyclic N) is 1. The Balaban J connectivity index is 1.55. The molecule has 4 nitrogen and oxygen atoms in total. The van der Waals surface area contributed by atoms with E-state index in [0.717, 1.165) is 30.6 Å². The van der Waals surface area contributed by atoms with Gasteiger partial charge in [-0.15, -0.1) is 0 Å². The molecule has 0 bridgehead atoms. The number of para-hydroxylation sites is 1. The fourth-order valence-corrected chi connectivity index (χ4v) is 3.23. The predicted octanol–water partition coefficient (Wildman–Crippen LogP) is 3.07. The van der Waals surface area contributed by atoms with E-state index in [9.17, 15) is 9.90 Å². The molecule has 4 heteroatoms. The van der Waals surface area contributed by atoms with Crippen LogP contribution in [0.5, 0.6) is 0 Å². The first-order valence-electron chi connectivity index (χ1n) is 8.53. The number of amides is 1. The maximum Gasteiger partial charge on any atom is 0.228 e. The number of aliphatic hydroxyl groups excluding tert-OH is 1. The van der Waals surface area contributed by atoms with Gasteiger partial charge in [0, 0.05) is 18.8 Å². The SMILES string of the molecule is O=C(Nc1ccccc1)[C@@H]1CCCN(C[C@@H](O)c2ccccc2)C1. The zero-order valence-electron chi connectivity index (χ0n) is 13.8. The molecule has 1 fully saturated rings. The number of hydrogen-bond acceptors (Lipinski definition) is 3. The van der Waals surface area contributed by atoms with Crippen molar-refractivity contribution < 1.29 is 9.90 Å². The number of rotatable bonds is 5. The third-order valence-electron chi connectivity index (χ3n) is 4.53. The molecule has 2 aromatic carbocycles. The molecule has 24 heavy (non-hydrogen) atoms. The van der Waals surface area contributed by atoms with Crippen molar-refractivity contribution in [1.82, 2.24) is 4.90 Å². The zero-order valence-corrected chi connectivity index (χ0v) is 13.8. The van der Waals surface area contributed by atoms with E-state index >= 15 is 0 Å². The van der Waals surface area contributed by atoms with E-state index in [0.29, 0.717) is 13.1 Å². The van der Waals surface area contributed by atoms with Crippen LogP contribution in [0.15, 0.2) is 60.7 Å². The highest BCUT2D eigenvalue weighted by molar-refractivity contribution is 5.92. The van der Waals surface area contributed by atoms with Gasteiger partial charge in [0.1, 0.15) is 0 Å². The maximum atomic E-state index is 12.5. The summed E-state index contributed by atoms with van der Waals surface area (Å²) in [4.78, 5) is 14.7. The number of hydrogen-bond donors (Lipinski definition) is 2. The third kappa shape index (κ3) is 4.43. The second-order valence-corrected chi connectivity index (χ2v) is 6.38. The molecule has 0 unspecified atom stereocenters. The molecule has 1 heterocycles. The van der Waals surface area contributed by atoms with Crippen molar-refractivity contribution in [3.05, 3.63) is 66.2 Å². The summed E-state index contributed by atoms with van der Waals surface area (Å²) in [7, 11) is 0. The number of benzene rings is 2. The Morgan fingerprint density at radius 2 is 1.79 bits per heavy atom. The quantitative estimate of drug-likeness (QED) is 0.889. The molecule has 126 valence electrons. The number of aliphatic hydroxyl groups is 1. The van der Waals surface area contributed by atoms with E-state index < -0.39 is 6.10 Å². The first kappa shape index (κ1) is 16.7. The summed E-state index contributed by atoms with van der Waals surface area (Å²) in [5, 5.41) is 13.4. The minimum Gasteiger partial charge on any atom is -0.387 e. The van der Waals surface area contributed by atoms with Crippen LogP contribution in [-0.4, -0.2) is 35.5 Å². The Morgan fingerprint density at radius 3 is 2.50 bits per heavy atom. The molecule has 2 aromatic rings. The lowest BCUT2D eigenvalue weighted by atomic mass is 9.96. The molecule has 2 atom stereocenters. The van der Waals surface area contributed by atoms with Crippen molar-refractivity contribution in [1.29, 1.82) is 0 Å². The normalized spacial score (nSPS) is 19.6. The predicted molar refractivity (Wildman–Crippen MR) is 95.6 cm³/mol. The molecule has 2 N–H and O–H groups in total. The highest BCUT2D eigenvalue weighted by atomic mass is 16.3. The minimum atomic E-state index is -0.512. The number of likely N-dealkylation sites (tertiary alicyclic amines) is 1. The van der Waals surface area contributed by atoms with Crippen molar-refractivity contribution in [3.8, 4) is 0 Å². The van der Waals surface area contributed by atoms with Crippen molar-refractivity contribution >= 4 is 11.6 Å². The molecule has 1 saturated heterocycles. The van der Waals surface area contributed by atoms with E-state index in [-0.39, 0.29) is 11.8 Å². The highest BCUT2D eigenvalue weighted by Crippen LogP contribution is 2.21. The van der Waals surface area contributed by atoms with Gasteiger partial charge in [-0.25, -0.2) is 0 Å². The zero-order chi connectivity index (χ0) is 16.8. The third-order valence-corrected chi connectivity index (χ3v) is 4.53. The summed E-state index contributed by atoms with van der Waals surface area (Å²) in [5.74, 6) is 0.0435. The van der Waals surface area contributed by atoms with Crippen LogP contribution in [0.3, 0.4) is 0 Å². The van der Waals surface area contributed by atoms with Gasteiger partial charge >= 0.3 is 0 Å². The summed E-state index contributed by atoms with van der Waals surface area (Å²) in [5.41, 5.74) is 1.76. The summed E-state index contributed by atoms with van der Waals surface area (Å²) < 4.78 is 0. The topological polar surface area (TPSA) is 52.6 Å². The fraction of sp³-hybridized carbons (Fsp3) is 0.350. The van der Waals surface area contributed by atoms with E-state index in [1.54, 1.807) is 0 Å². The molecule has 0 aliphatic carbocycles. The standard InChI is InChI=1S/C20H24N2O2/c23-19(16-8-3-1-4-9-16)15-22-13-7-10-17(14-22)20(24)21-18-11-5-2-6-12-18/h1-6,8-9,11-12,17,19,23H,7,10,13-15H2,(H,21,24)/t17-,19-/m1/s1. The van der Waals surface area contributed by atoms with Gasteiger partial charge in [0.2, 0.25) is 5.91 Å². The van der Waals surface area contributed by atoms with Gasteiger partial charge in [0.15, 0.2) is 0 Å². The summed E-state index contributed by atoms with van der Waals surface area (Å²) in [6.07, 6.45) is 1.37. The Morgan fingerprint density at radius 1 is 1.12 bits per heavy atom. The van der Waals surface area contributed by atoms with Crippen LogP contribution in [0.1, 0.15) is 24.5 Å². The van der Waals surface area contributed by atoms with Crippen molar-refractivity contribution in [3.63, 3.8) is 0 Å². The molecule has 1 amide bonds. The number of carbonyl (C=O) groups excluding carboxylic acids is 1. The van der Waals surface area contributed by atoms with Gasteiger partial charge in [-0.2, -0.15) is 0 Å². The minimum absolute atomic E-state index is 0.0260. The number of nitrogens with one attached hydrogen (secondary N) is 1. The fourth-order valence-electron chi connectivity index (χ4n) is 3.23. The lowest BCUT2D eigenvalue weighted by Crippen LogP contribution is -2.42. The molecule has 3 rings (SSSR count). The monoisotopic (exact) mass is 324 g/mol.